The van der Waals surface area contributed by atoms with Gasteiger partial charge in [0.25, 0.3) is 0 Å². The maximum atomic E-state index is 11.4. The van der Waals surface area contributed by atoms with Crippen LogP contribution in [-0.4, -0.2) is 14.5 Å². The molecule has 0 bridgehead atoms. The summed E-state index contributed by atoms with van der Waals surface area (Å²) in [5.41, 5.74) is 2.72. The molecule has 0 spiro atoms. The van der Waals surface area contributed by atoms with Crippen LogP contribution in [0.3, 0.4) is 0 Å². The lowest BCUT2D eigenvalue weighted by atomic mass is 10.3. The molecule has 0 amide bonds. The average Bonchev–Trinajstić information content (AvgIpc) is 2.52. The third-order valence-corrected chi connectivity index (χ3v) is 2.39. The van der Waals surface area contributed by atoms with E-state index in [-0.39, 0.29) is 5.69 Å². The predicted molar refractivity (Wildman–Crippen MR) is 55.4 cm³/mol. The van der Waals surface area contributed by atoms with Crippen LogP contribution in [0.15, 0.2) is 17.1 Å². The Morgan fingerprint density at radius 3 is 2.93 bits per heavy atom. The summed E-state index contributed by atoms with van der Waals surface area (Å²) in [5, 5.41) is 0. The van der Waals surface area contributed by atoms with E-state index in [2.05, 4.69) is 16.9 Å². The van der Waals surface area contributed by atoms with Gasteiger partial charge in [0, 0.05) is 12.2 Å². The van der Waals surface area contributed by atoms with Crippen molar-refractivity contribution in [2.24, 2.45) is 0 Å². The van der Waals surface area contributed by atoms with Gasteiger partial charge in [0.1, 0.15) is 0 Å². The van der Waals surface area contributed by atoms with E-state index in [1.54, 1.807) is 10.8 Å². The molecule has 2 aromatic rings. The summed E-state index contributed by atoms with van der Waals surface area (Å²) < 4.78 is 1.72. The van der Waals surface area contributed by atoms with Crippen molar-refractivity contribution in [3.8, 4) is 0 Å². The zero-order valence-corrected chi connectivity index (χ0v) is 8.37. The SMILES string of the molecule is CCc1cc2c(cn1)[nH]c(=O)n2CC. The third kappa shape index (κ3) is 1.23. The zero-order chi connectivity index (χ0) is 10.1. The van der Waals surface area contributed by atoms with E-state index in [4.69, 9.17) is 0 Å². The maximum absolute atomic E-state index is 11.4. The van der Waals surface area contributed by atoms with Crippen molar-refractivity contribution in [3.05, 3.63) is 28.4 Å². The molecule has 74 valence electrons. The summed E-state index contributed by atoms with van der Waals surface area (Å²) in [4.78, 5) is 18.5. The number of fused-ring (bicyclic) bond motifs is 1. The predicted octanol–water partition coefficient (Wildman–Crippen LogP) is 1.31. The first kappa shape index (κ1) is 8.99. The highest BCUT2D eigenvalue weighted by Crippen LogP contribution is 2.10. The topological polar surface area (TPSA) is 50.7 Å². The van der Waals surface area contributed by atoms with Crippen molar-refractivity contribution in [2.75, 3.05) is 0 Å². The molecule has 0 saturated carbocycles. The molecule has 2 heterocycles. The summed E-state index contributed by atoms with van der Waals surface area (Å²) in [5.74, 6) is 0. The Labute approximate surface area is 81.6 Å². The minimum Gasteiger partial charge on any atom is -0.304 e. The molecular weight excluding hydrogens is 178 g/mol. The number of hydrogen-bond acceptors (Lipinski definition) is 2. The number of H-pyrrole nitrogens is 1. The fourth-order valence-electron chi connectivity index (χ4n) is 1.61. The molecule has 0 atom stereocenters. The third-order valence-electron chi connectivity index (χ3n) is 2.39. The normalized spacial score (nSPS) is 11.0. The lowest BCUT2D eigenvalue weighted by molar-refractivity contribution is 0.753. The molecule has 0 aliphatic rings. The van der Waals surface area contributed by atoms with Crippen LogP contribution in [0.5, 0.6) is 0 Å². The van der Waals surface area contributed by atoms with Gasteiger partial charge in [-0.05, 0) is 19.4 Å². The Bertz CT molecular complexity index is 510. The number of aromatic nitrogens is 3. The summed E-state index contributed by atoms with van der Waals surface area (Å²) in [7, 11) is 0. The van der Waals surface area contributed by atoms with E-state index in [1.807, 2.05) is 13.0 Å². The van der Waals surface area contributed by atoms with Crippen molar-refractivity contribution >= 4 is 11.0 Å². The average molecular weight is 191 g/mol. The molecule has 2 rings (SSSR count). The van der Waals surface area contributed by atoms with Gasteiger partial charge in [0.15, 0.2) is 0 Å². The van der Waals surface area contributed by atoms with Crippen molar-refractivity contribution in [2.45, 2.75) is 26.8 Å². The Morgan fingerprint density at radius 1 is 1.50 bits per heavy atom. The minimum absolute atomic E-state index is 0.0578. The maximum Gasteiger partial charge on any atom is 0.326 e. The van der Waals surface area contributed by atoms with Crippen LogP contribution >= 0.6 is 0 Å². The van der Waals surface area contributed by atoms with Crippen molar-refractivity contribution in [1.82, 2.24) is 14.5 Å². The first-order valence-electron chi connectivity index (χ1n) is 4.83. The van der Waals surface area contributed by atoms with Gasteiger partial charge in [-0.1, -0.05) is 6.92 Å². The number of nitrogens with one attached hydrogen (secondary N) is 1. The van der Waals surface area contributed by atoms with Crippen LogP contribution < -0.4 is 5.69 Å². The van der Waals surface area contributed by atoms with Crippen molar-refractivity contribution in [1.29, 1.82) is 0 Å². The number of aromatic amines is 1. The summed E-state index contributed by atoms with van der Waals surface area (Å²) >= 11 is 0. The highest BCUT2D eigenvalue weighted by atomic mass is 16.1. The van der Waals surface area contributed by atoms with Gasteiger partial charge < -0.3 is 4.98 Å². The number of rotatable bonds is 2. The highest BCUT2D eigenvalue weighted by molar-refractivity contribution is 5.74. The standard InChI is InChI=1S/C10H13N3O/c1-3-7-5-9-8(6-11-7)12-10(14)13(9)4-2/h5-6H,3-4H2,1-2H3,(H,12,14). The van der Waals surface area contributed by atoms with E-state index in [1.165, 1.54) is 0 Å². The molecule has 0 aliphatic heterocycles. The smallest absolute Gasteiger partial charge is 0.304 e. The Morgan fingerprint density at radius 2 is 2.29 bits per heavy atom. The summed E-state index contributed by atoms with van der Waals surface area (Å²) in [6.45, 7) is 4.70. The van der Waals surface area contributed by atoms with Gasteiger partial charge in [-0.15, -0.1) is 0 Å². The first-order chi connectivity index (χ1) is 6.76. The van der Waals surface area contributed by atoms with Gasteiger partial charge >= 0.3 is 5.69 Å². The summed E-state index contributed by atoms with van der Waals surface area (Å²) in [6, 6.07) is 1.97. The van der Waals surface area contributed by atoms with E-state index < -0.39 is 0 Å². The molecule has 0 fully saturated rings. The second-order valence-corrected chi connectivity index (χ2v) is 3.22. The first-order valence-corrected chi connectivity index (χ1v) is 4.83. The fourth-order valence-corrected chi connectivity index (χ4v) is 1.61. The molecule has 4 nitrogen and oxygen atoms in total. The van der Waals surface area contributed by atoms with Gasteiger partial charge in [-0.25, -0.2) is 4.79 Å². The fraction of sp³-hybridized carbons (Fsp3) is 0.400. The molecule has 0 radical (unpaired) electrons. The van der Waals surface area contributed by atoms with Crippen molar-refractivity contribution in [3.63, 3.8) is 0 Å². The van der Waals surface area contributed by atoms with E-state index in [0.29, 0.717) is 6.54 Å². The number of pyridine rings is 1. The van der Waals surface area contributed by atoms with Crippen LogP contribution in [-0.2, 0) is 13.0 Å². The van der Waals surface area contributed by atoms with E-state index >= 15 is 0 Å². The lowest BCUT2D eigenvalue weighted by Crippen LogP contribution is -2.15. The van der Waals surface area contributed by atoms with Crippen LogP contribution in [0.4, 0.5) is 0 Å². The quantitative estimate of drug-likeness (QED) is 0.778. The van der Waals surface area contributed by atoms with Crippen LogP contribution in [0, 0.1) is 0 Å². The van der Waals surface area contributed by atoms with E-state index in [9.17, 15) is 4.79 Å². The second kappa shape index (κ2) is 3.29. The Kier molecular flexibility index (Phi) is 2.11. The number of aryl methyl sites for hydroxylation is 2. The van der Waals surface area contributed by atoms with Gasteiger partial charge in [-0.2, -0.15) is 0 Å². The monoisotopic (exact) mass is 191 g/mol. The molecule has 1 N–H and O–H groups in total. The Balaban J connectivity index is 2.77. The molecule has 4 heteroatoms. The number of imidazole rings is 1. The number of nitrogens with zero attached hydrogens (tertiary/aromatic N) is 2. The highest BCUT2D eigenvalue weighted by Gasteiger charge is 2.05. The largest absolute Gasteiger partial charge is 0.326 e. The molecule has 0 aliphatic carbocycles. The second-order valence-electron chi connectivity index (χ2n) is 3.22. The molecule has 0 unspecified atom stereocenters. The summed E-state index contributed by atoms with van der Waals surface area (Å²) in [6.07, 6.45) is 2.61. The van der Waals surface area contributed by atoms with Gasteiger partial charge in [0.2, 0.25) is 0 Å². The van der Waals surface area contributed by atoms with Crippen molar-refractivity contribution < 1.29 is 0 Å². The Hall–Kier alpha value is -1.58. The molecule has 14 heavy (non-hydrogen) atoms. The number of hydrogen-bond donors (Lipinski definition) is 1. The van der Waals surface area contributed by atoms with Crippen LogP contribution in [0.2, 0.25) is 0 Å². The molecule has 0 saturated heterocycles. The van der Waals surface area contributed by atoms with Gasteiger partial charge in [0.05, 0.1) is 17.2 Å². The molecular formula is C10H13N3O. The van der Waals surface area contributed by atoms with Crippen LogP contribution in [0.25, 0.3) is 11.0 Å². The zero-order valence-electron chi connectivity index (χ0n) is 8.37. The molecule has 0 aromatic carbocycles. The lowest BCUT2D eigenvalue weighted by Gasteiger charge is -1.99. The molecule has 2 aromatic heterocycles. The van der Waals surface area contributed by atoms with E-state index in [0.717, 1.165) is 23.1 Å². The van der Waals surface area contributed by atoms with Gasteiger partial charge in [-0.3, -0.25) is 9.55 Å². The van der Waals surface area contributed by atoms with Crippen LogP contribution in [0.1, 0.15) is 19.5 Å². The minimum atomic E-state index is -0.0578.